The number of hydrogen-bond acceptors (Lipinski definition) is 5. The molecule has 0 radical (unpaired) electrons. The second-order valence-electron chi connectivity index (χ2n) is 2.43. The zero-order valence-electron chi connectivity index (χ0n) is 7.78. The molecule has 0 saturated carbocycles. The van der Waals surface area contributed by atoms with Gasteiger partial charge in [-0.2, -0.15) is 0 Å². The Kier molecular flexibility index (Phi) is 4.08. The fraction of sp³-hybridized carbons (Fsp3) is 0.750. The molecule has 0 aromatic carbocycles. The first-order valence-electron chi connectivity index (χ1n) is 4.16. The van der Waals surface area contributed by atoms with E-state index in [-0.39, 0.29) is 11.2 Å². The van der Waals surface area contributed by atoms with Crippen LogP contribution in [-0.2, 0) is 14.3 Å². The Morgan fingerprint density at radius 1 is 1.77 bits per heavy atom. The molecule has 5 heteroatoms. The number of thioether (sulfide) groups is 1. The van der Waals surface area contributed by atoms with Gasteiger partial charge in [0.15, 0.2) is 5.25 Å². The molecule has 0 aromatic heterocycles. The van der Waals surface area contributed by atoms with E-state index < -0.39 is 0 Å². The first-order valence-corrected chi connectivity index (χ1v) is 5.21. The Morgan fingerprint density at radius 3 is 3.15 bits per heavy atom. The van der Waals surface area contributed by atoms with Crippen molar-refractivity contribution in [2.75, 3.05) is 26.0 Å². The van der Waals surface area contributed by atoms with Crippen molar-refractivity contribution >= 4 is 23.6 Å². The number of hydrogen-bond donors (Lipinski definition) is 0. The summed E-state index contributed by atoms with van der Waals surface area (Å²) in [7, 11) is 1.52. The number of esters is 1. The zero-order valence-corrected chi connectivity index (χ0v) is 8.60. The van der Waals surface area contributed by atoms with Crippen molar-refractivity contribution in [1.29, 1.82) is 0 Å². The van der Waals surface area contributed by atoms with E-state index in [1.54, 1.807) is 6.92 Å². The lowest BCUT2D eigenvalue weighted by atomic mass is 10.4. The van der Waals surface area contributed by atoms with Crippen LogP contribution in [0.2, 0.25) is 0 Å². The summed E-state index contributed by atoms with van der Waals surface area (Å²) in [5, 5.41) is -0.362. The van der Waals surface area contributed by atoms with Gasteiger partial charge in [-0.25, -0.2) is 0 Å². The van der Waals surface area contributed by atoms with Crippen molar-refractivity contribution < 1.29 is 14.3 Å². The molecule has 1 rings (SSSR count). The minimum Gasteiger partial charge on any atom is -0.483 e. The summed E-state index contributed by atoms with van der Waals surface area (Å²) in [5.74, 6) is 1.07. The number of carbonyl (C=O) groups excluding carboxylic acids is 1. The number of carbonyl (C=O) groups is 1. The Bertz CT molecular complexity index is 217. The fourth-order valence-corrected chi connectivity index (χ4v) is 1.99. The molecule has 1 heterocycles. The second-order valence-corrected chi connectivity index (χ2v) is 3.64. The Hall–Kier alpha value is -0.710. The molecule has 13 heavy (non-hydrogen) atoms. The lowest BCUT2D eigenvalue weighted by Crippen LogP contribution is -2.33. The van der Waals surface area contributed by atoms with Gasteiger partial charge in [-0.1, -0.05) is 0 Å². The van der Waals surface area contributed by atoms with Crippen molar-refractivity contribution in [2.45, 2.75) is 12.2 Å². The number of ether oxygens (including phenoxy) is 2. The lowest BCUT2D eigenvalue weighted by molar-refractivity contribution is -0.141. The monoisotopic (exact) mass is 203 g/mol. The highest BCUT2D eigenvalue weighted by atomic mass is 32.2. The molecule has 0 spiro atoms. The minimum atomic E-state index is -0.362. The molecule has 0 fully saturated rings. The van der Waals surface area contributed by atoms with E-state index in [2.05, 4.69) is 4.99 Å². The summed E-state index contributed by atoms with van der Waals surface area (Å²) in [6, 6.07) is 0. The van der Waals surface area contributed by atoms with Gasteiger partial charge in [-0.3, -0.25) is 9.79 Å². The van der Waals surface area contributed by atoms with E-state index in [1.807, 2.05) is 0 Å². The smallest absolute Gasteiger partial charge is 0.328 e. The van der Waals surface area contributed by atoms with Crippen molar-refractivity contribution in [2.24, 2.45) is 4.99 Å². The van der Waals surface area contributed by atoms with Crippen molar-refractivity contribution in [3.05, 3.63) is 0 Å². The molecule has 1 aliphatic heterocycles. The molecule has 0 bridgehead atoms. The van der Waals surface area contributed by atoms with Gasteiger partial charge in [0, 0.05) is 5.75 Å². The first-order chi connectivity index (χ1) is 6.29. The quantitative estimate of drug-likeness (QED) is 0.620. The maximum Gasteiger partial charge on any atom is 0.328 e. The maximum absolute atomic E-state index is 11.4. The summed E-state index contributed by atoms with van der Waals surface area (Å²) in [4.78, 5) is 15.5. The van der Waals surface area contributed by atoms with Crippen LogP contribution in [0, 0.1) is 0 Å². The third-order valence-corrected chi connectivity index (χ3v) is 2.72. The van der Waals surface area contributed by atoms with Crippen LogP contribution in [0.25, 0.3) is 0 Å². The Labute approximate surface area is 81.7 Å². The summed E-state index contributed by atoms with van der Waals surface area (Å²) in [6.07, 6.45) is 0. The van der Waals surface area contributed by atoms with E-state index in [1.165, 1.54) is 18.9 Å². The second kappa shape index (κ2) is 5.11. The number of rotatable bonds is 2. The molecule has 0 aliphatic carbocycles. The molecule has 4 nitrogen and oxygen atoms in total. The summed E-state index contributed by atoms with van der Waals surface area (Å²) < 4.78 is 9.89. The average Bonchev–Trinajstić information content (AvgIpc) is 2.18. The Balaban J connectivity index is 2.60. The summed E-state index contributed by atoms with van der Waals surface area (Å²) in [5.41, 5.74) is 0. The molecule has 0 aromatic rings. The largest absolute Gasteiger partial charge is 0.483 e. The van der Waals surface area contributed by atoms with Gasteiger partial charge in [-0.05, 0) is 6.92 Å². The average molecular weight is 203 g/mol. The number of nitrogens with zero attached hydrogens (tertiary/aromatic N) is 1. The van der Waals surface area contributed by atoms with E-state index in [0.717, 1.165) is 5.75 Å². The van der Waals surface area contributed by atoms with Gasteiger partial charge in [0.1, 0.15) is 0 Å². The Morgan fingerprint density at radius 2 is 2.54 bits per heavy atom. The van der Waals surface area contributed by atoms with Crippen molar-refractivity contribution in [3.8, 4) is 0 Å². The zero-order chi connectivity index (χ0) is 9.68. The van der Waals surface area contributed by atoms with Crippen LogP contribution in [0.4, 0.5) is 0 Å². The van der Waals surface area contributed by atoms with Gasteiger partial charge in [0.2, 0.25) is 5.90 Å². The van der Waals surface area contributed by atoms with Gasteiger partial charge in [-0.15, -0.1) is 11.8 Å². The van der Waals surface area contributed by atoms with Crippen molar-refractivity contribution in [3.63, 3.8) is 0 Å². The van der Waals surface area contributed by atoms with E-state index in [0.29, 0.717) is 19.0 Å². The minimum absolute atomic E-state index is 0.257. The highest BCUT2D eigenvalue weighted by Crippen LogP contribution is 2.19. The number of aliphatic imine (C=N–C) groups is 1. The van der Waals surface area contributed by atoms with E-state index in [4.69, 9.17) is 9.47 Å². The molecule has 0 N–H and O–H groups in total. The van der Waals surface area contributed by atoms with E-state index in [9.17, 15) is 4.79 Å². The third-order valence-electron chi connectivity index (χ3n) is 1.58. The third kappa shape index (κ3) is 2.62. The van der Waals surface area contributed by atoms with Gasteiger partial charge >= 0.3 is 5.97 Å². The van der Waals surface area contributed by atoms with Crippen LogP contribution in [0.15, 0.2) is 4.99 Å². The van der Waals surface area contributed by atoms with Crippen LogP contribution in [0.5, 0.6) is 0 Å². The molecule has 74 valence electrons. The van der Waals surface area contributed by atoms with Crippen LogP contribution in [0.3, 0.4) is 0 Å². The lowest BCUT2D eigenvalue weighted by Gasteiger charge is -2.19. The van der Waals surface area contributed by atoms with Gasteiger partial charge in [0.05, 0.1) is 20.3 Å². The predicted molar refractivity (Wildman–Crippen MR) is 52.2 cm³/mol. The fourth-order valence-electron chi connectivity index (χ4n) is 1.04. The van der Waals surface area contributed by atoms with E-state index >= 15 is 0 Å². The molecule has 0 amide bonds. The molecule has 1 atom stereocenters. The normalized spacial score (nSPS) is 22.0. The topological polar surface area (TPSA) is 47.9 Å². The van der Waals surface area contributed by atoms with Gasteiger partial charge < -0.3 is 9.47 Å². The van der Waals surface area contributed by atoms with Crippen molar-refractivity contribution in [1.82, 2.24) is 0 Å². The summed E-state index contributed by atoms with van der Waals surface area (Å²) in [6.45, 7) is 2.89. The van der Waals surface area contributed by atoms with Crippen LogP contribution in [0.1, 0.15) is 6.92 Å². The SMILES string of the molecule is CCOC(=O)[C@H]1SCCN=C1OC. The van der Waals surface area contributed by atoms with Crippen LogP contribution in [-0.4, -0.2) is 43.1 Å². The van der Waals surface area contributed by atoms with Gasteiger partial charge in [0.25, 0.3) is 0 Å². The molecular weight excluding hydrogens is 190 g/mol. The molecule has 0 unspecified atom stereocenters. The number of methoxy groups -OCH3 is 1. The summed E-state index contributed by atoms with van der Waals surface area (Å²) >= 11 is 1.51. The first kappa shape index (κ1) is 10.4. The highest BCUT2D eigenvalue weighted by Gasteiger charge is 2.29. The van der Waals surface area contributed by atoms with Crippen LogP contribution >= 0.6 is 11.8 Å². The molecule has 1 aliphatic rings. The standard InChI is InChI=1S/C8H13NO3S/c1-3-12-8(10)6-7(11-2)9-4-5-13-6/h6H,3-5H2,1-2H3/t6-/m0/s1. The van der Waals surface area contributed by atoms with Crippen LogP contribution < -0.4 is 0 Å². The maximum atomic E-state index is 11.4. The molecule has 0 saturated heterocycles. The molecular formula is C8H13NO3S. The predicted octanol–water partition coefficient (Wildman–Crippen LogP) is 0.710. The highest BCUT2D eigenvalue weighted by molar-refractivity contribution is 8.01.